The van der Waals surface area contributed by atoms with E-state index in [1.165, 1.54) is 32.3 Å². The van der Waals surface area contributed by atoms with Crippen LogP contribution >= 0.6 is 0 Å². The number of carbonyl (C=O) groups excluding carboxylic acids is 2. The number of aryl methyl sites for hydroxylation is 4. The van der Waals surface area contributed by atoms with Gasteiger partial charge >= 0.3 is 11.9 Å². The third kappa shape index (κ3) is 30.4. The second kappa shape index (κ2) is 55.7. The predicted molar refractivity (Wildman–Crippen MR) is 493 cm³/mol. The number of aliphatic carboxylic acids is 1. The van der Waals surface area contributed by atoms with Gasteiger partial charge in [-0.05, 0) is 141 Å². The van der Waals surface area contributed by atoms with Crippen LogP contribution in [0.1, 0.15) is 186 Å². The molecule has 18 rings (SSSR count). The molecule has 0 amide bonds. The molecule has 0 unspecified atom stereocenters. The molecule has 124 heavy (non-hydrogen) atoms. The average Bonchev–Trinajstić information content (AvgIpc) is 1.71. The van der Waals surface area contributed by atoms with Crippen LogP contribution in [0.5, 0.6) is 0 Å². The normalized spacial score (nSPS) is 9.76. The first-order chi connectivity index (χ1) is 60.7. The summed E-state index contributed by atoms with van der Waals surface area (Å²) >= 11 is 0. The van der Waals surface area contributed by atoms with E-state index in [0.29, 0.717) is 65.0 Å². The second-order valence-corrected chi connectivity index (χ2v) is 24.4. The molecule has 28 heteroatoms. The van der Waals surface area contributed by atoms with Gasteiger partial charge in [0.2, 0.25) is 35.2 Å². The minimum atomic E-state index is -0.884. The lowest BCUT2D eigenvalue weighted by atomic mass is 10.1. The summed E-state index contributed by atoms with van der Waals surface area (Å²) in [5, 5.41) is 96.5. The Balaban J connectivity index is 0.000000252. The molecule has 0 aliphatic heterocycles. The van der Waals surface area contributed by atoms with Crippen molar-refractivity contribution in [3.63, 3.8) is 0 Å². The molecule has 0 aliphatic carbocycles. The van der Waals surface area contributed by atoms with Gasteiger partial charge in [0, 0.05) is 66.3 Å². The van der Waals surface area contributed by atoms with E-state index in [-0.39, 0.29) is 18.2 Å². The maximum Gasteiger partial charge on any atom is 0.335 e. The fourth-order valence-corrected chi connectivity index (χ4v) is 10.8. The van der Waals surface area contributed by atoms with Gasteiger partial charge in [-0.15, -0.1) is 61.2 Å². The van der Waals surface area contributed by atoms with Crippen LogP contribution in [-0.4, -0.2) is 136 Å². The van der Waals surface area contributed by atoms with E-state index in [2.05, 4.69) is 165 Å². The van der Waals surface area contributed by atoms with Crippen molar-refractivity contribution in [2.24, 2.45) is 0 Å². The predicted octanol–water partition coefficient (Wildman–Crippen LogP) is 22.5. The Morgan fingerprint density at radius 2 is 0.653 bits per heavy atom. The molecule has 18 aromatic rings. The Labute approximate surface area is 723 Å². The first-order valence-corrected chi connectivity index (χ1v) is 41.9. The summed E-state index contributed by atoms with van der Waals surface area (Å²) in [4.78, 5) is 45.8. The minimum absolute atomic E-state index is 0.167. The SMILES string of the molecule is CC.CC.CC.CC.CC.CC.CCC(=O)O.CCC(=O)n1nnc(-c2ccc3ccccc3c2)n1.CCc1nn[nH]n1.CCc1nnc(-c2ccc3ccccc3c2)o1.CCc1nnc(-c2ccc3ccccc3c2)o1.CCc1nnn(C(=O)c2ccc3ccccc3c2)n1.O=C(O)c1ccc2ccccc2c1.c1ccc2cc(-c3nn[nH]n3)ccc2c1. The van der Waals surface area contributed by atoms with E-state index in [9.17, 15) is 19.2 Å². The van der Waals surface area contributed by atoms with Crippen LogP contribution in [0, 0.1) is 0 Å². The van der Waals surface area contributed by atoms with Crippen LogP contribution in [0.4, 0.5) is 0 Å². The van der Waals surface area contributed by atoms with Crippen molar-refractivity contribution in [1.29, 1.82) is 0 Å². The molecule has 0 bridgehead atoms. The number of carboxylic acids is 2. The third-order valence-corrected chi connectivity index (χ3v) is 16.8. The lowest BCUT2D eigenvalue weighted by molar-refractivity contribution is -0.136. The number of fused-ring (bicyclic) bond motifs is 6. The largest absolute Gasteiger partial charge is 0.481 e. The van der Waals surface area contributed by atoms with Crippen molar-refractivity contribution < 1.29 is 38.2 Å². The molecule has 12 aromatic carbocycles. The number of aromatic nitrogens is 20. The lowest BCUT2D eigenvalue weighted by Crippen LogP contribution is -2.15. The van der Waals surface area contributed by atoms with Crippen LogP contribution in [-0.2, 0) is 30.5 Å². The van der Waals surface area contributed by atoms with Crippen LogP contribution in [0.3, 0.4) is 0 Å². The molecule has 0 spiro atoms. The molecule has 0 atom stereocenters. The van der Waals surface area contributed by atoms with Gasteiger partial charge in [-0.3, -0.25) is 14.4 Å². The zero-order valence-electron chi connectivity index (χ0n) is 73.9. The Morgan fingerprint density at radius 1 is 0.315 bits per heavy atom. The molecule has 0 saturated carbocycles. The number of carbonyl (C=O) groups is 4. The number of nitrogens with zero attached hydrogens (tertiary/aromatic N) is 18. The number of tetrazole rings is 4. The Hall–Kier alpha value is -15.0. The molecule has 28 nitrogen and oxygen atoms in total. The van der Waals surface area contributed by atoms with Gasteiger partial charge < -0.3 is 19.0 Å². The molecular formula is C96H112N20O8. The van der Waals surface area contributed by atoms with Gasteiger partial charge in [0.25, 0.3) is 11.8 Å². The van der Waals surface area contributed by atoms with Crippen LogP contribution < -0.4 is 0 Å². The fraction of sp³-hybridized carbons (Fsp3) is 0.250. The van der Waals surface area contributed by atoms with E-state index >= 15 is 0 Å². The molecule has 644 valence electrons. The standard InChI is InChI=1S/2C14H12N4O.2C14H12N2O.C11H8N4.C11H8O2.C3H6N4.C3H6O2.6C2H6/c1-2-13(19)18-16-14(15-17-18)12-8-7-10-5-3-4-6-11(10)9-12;1-2-13-15-17-18(16-13)14(19)12-8-7-10-5-3-4-6-11(10)9-12;2*1-2-13-15-16-14(17-13)12-8-7-10-5-3-4-6-11(10)9-12;1-2-4-9-7-10(6-5-8(9)3-1)11-12-14-15-13-11;12-11(13)10-6-5-8-3-1-2-4-9(8)7-10;1-2-3-4-6-7-5-3;1-2-3(4)5;6*1-2/h2*3-9H,2H2,1H3;2*3-9H,2H2,1H3;1-7H,(H,12,13,14,15);1-7H,(H,12,13);2H2,1H3,(H,4,5,6,7);2H2,1H3,(H,4,5);6*1-2H3. The first-order valence-electron chi connectivity index (χ1n) is 41.9. The van der Waals surface area contributed by atoms with Gasteiger partial charge in [0.1, 0.15) is 0 Å². The molecule has 0 fully saturated rings. The summed E-state index contributed by atoms with van der Waals surface area (Å²) in [5.74, 6) is 2.89. The molecule has 0 radical (unpaired) electrons. The number of carboxylic acid groups (broad SMARTS) is 2. The van der Waals surface area contributed by atoms with Crippen molar-refractivity contribution in [2.75, 3.05) is 0 Å². The summed E-state index contributed by atoms with van der Waals surface area (Å²) < 4.78 is 11.1. The van der Waals surface area contributed by atoms with Crippen molar-refractivity contribution in [3.8, 4) is 45.7 Å². The van der Waals surface area contributed by atoms with Gasteiger partial charge in [-0.2, -0.15) is 10.4 Å². The number of hydrogen-bond acceptors (Lipinski definition) is 22. The molecule has 6 heterocycles. The highest BCUT2D eigenvalue weighted by Gasteiger charge is 2.15. The van der Waals surface area contributed by atoms with Crippen molar-refractivity contribution in [2.45, 2.75) is 163 Å². The lowest BCUT2D eigenvalue weighted by Gasteiger charge is -2.01. The number of benzene rings is 12. The first kappa shape index (κ1) is 99.6. The Morgan fingerprint density at radius 3 is 0.984 bits per heavy atom. The zero-order chi connectivity index (χ0) is 90.6. The van der Waals surface area contributed by atoms with Gasteiger partial charge in [-0.1, -0.05) is 334 Å². The number of aromatic amines is 2. The van der Waals surface area contributed by atoms with Crippen molar-refractivity contribution >= 4 is 88.4 Å². The molecule has 0 saturated heterocycles. The van der Waals surface area contributed by atoms with E-state index in [4.69, 9.17) is 19.0 Å². The monoisotopic (exact) mass is 1670 g/mol. The maximum absolute atomic E-state index is 12.2. The molecule has 4 N–H and O–H groups in total. The van der Waals surface area contributed by atoms with Crippen LogP contribution in [0.2, 0.25) is 0 Å². The Kier molecular flexibility index (Phi) is 44.8. The van der Waals surface area contributed by atoms with Crippen molar-refractivity contribution in [1.82, 2.24) is 102 Å². The highest BCUT2D eigenvalue weighted by molar-refractivity contribution is 5.99. The van der Waals surface area contributed by atoms with Gasteiger partial charge in [0.15, 0.2) is 11.6 Å². The summed E-state index contributed by atoms with van der Waals surface area (Å²) in [6.45, 7) is 35.3. The molecule has 0 aliphatic rings. The van der Waals surface area contributed by atoms with E-state index in [0.717, 1.165) is 89.3 Å². The fourth-order valence-electron chi connectivity index (χ4n) is 10.8. The van der Waals surface area contributed by atoms with Crippen LogP contribution in [0.25, 0.3) is 110 Å². The van der Waals surface area contributed by atoms with E-state index < -0.39 is 11.9 Å². The molecular weight excluding hydrogens is 1560 g/mol. The van der Waals surface area contributed by atoms with Gasteiger partial charge in [-0.25, -0.2) is 4.79 Å². The van der Waals surface area contributed by atoms with Crippen LogP contribution in [0.15, 0.2) is 264 Å². The third-order valence-electron chi connectivity index (χ3n) is 16.8. The number of H-pyrrole nitrogens is 2. The number of aromatic carboxylic acids is 1. The smallest absolute Gasteiger partial charge is 0.335 e. The topological polar surface area (TPSA) is 383 Å². The van der Waals surface area contributed by atoms with E-state index in [1.807, 2.05) is 275 Å². The Bertz CT molecular complexity index is 6010. The number of hydrogen-bond donors (Lipinski definition) is 4. The summed E-state index contributed by atoms with van der Waals surface area (Å²) in [5.41, 5.74) is 4.65. The number of nitrogens with one attached hydrogen (secondary N) is 2. The number of rotatable bonds is 12. The van der Waals surface area contributed by atoms with E-state index in [1.54, 1.807) is 32.0 Å². The van der Waals surface area contributed by atoms with Gasteiger partial charge in [0.05, 0.1) is 5.56 Å². The summed E-state index contributed by atoms with van der Waals surface area (Å²) in [6, 6.07) is 83.3. The summed E-state index contributed by atoms with van der Waals surface area (Å²) in [6.07, 6.45) is 3.61. The summed E-state index contributed by atoms with van der Waals surface area (Å²) in [7, 11) is 0. The quantitative estimate of drug-likeness (QED) is 0.0882. The average molecular weight is 1670 g/mol. The zero-order valence-corrected chi connectivity index (χ0v) is 73.9. The highest BCUT2D eigenvalue weighted by Crippen LogP contribution is 2.27. The minimum Gasteiger partial charge on any atom is -0.481 e. The molecule has 6 aromatic heterocycles. The maximum atomic E-state index is 12.2. The second-order valence-electron chi connectivity index (χ2n) is 24.4. The highest BCUT2D eigenvalue weighted by atomic mass is 16.4. The van der Waals surface area contributed by atoms with Crippen molar-refractivity contribution in [3.05, 3.63) is 289 Å².